The molecule has 0 radical (unpaired) electrons. The summed E-state index contributed by atoms with van der Waals surface area (Å²) in [6, 6.07) is -0.0439. The minimum absolute atomic E-state index is 0. The number of hydrogen-bond acceptors (Lipinski definition) is 5. The molecule has 1 fully saturated rings. The first-order valence-corrected chi connectivity index (χ1v) is 7.44. The number of nitrogens with two attached hydrogens (primary N) is 1. The van der Waals surface area contributed by atoms with Crippen molar-refractivity contribution in [2.24, 2.45) is 5.73 Å². The van der Waals surface area contributed by atoms with E-state index in [-0.39, 0.29) is 18.4 Å². The van der Waals surface area contributed by atoms with Gasteiger partial charge in [0.05, 0.1) is 11.2 Å². The van der Waals surface area contributed by atoms with Crippen molar-refractivity contribution in [1.82, 2.24) is 9.29 Å². The Kier molecular flexibility index (Phi) is 4.91. The summed E-state index contributed by atoms with van der Waals surface area (Å²) in [5.74, 6) is 0. The van der Waals surface area contributed by atoms with Gasteiger partial charge in [0.2, 0.25) is 0 Å². The lowest BCUT2D eigenvalue weighted by molar-refractivity contribution is 0.316. The normalized spacial score (nSPS) is 22.1. The van der Waals surface area contributed by atoms with E-state index < -0.39 is 10.0 Å². The van der Waals surface area contributed by atoms with Gasteiger partial charge in [-0.05, 0) is 19.8 Å². The van der Waals surface area contributed by atoms with Gasteiger partial charge in [-0.25, -0.2) is 13.4 Å². The van der Waals surface area contributed by atoms with E-state index in [0.717, 1.165) is 17.8 Å². The van der Waals surface area contributed by atoms with Crippen LogP contribution in [0.5, 0.6) is 0 Å². The maximum atomic E-state index is 12.2. The molecule has 2 rings (SSSR count). The molecule has 0 amide bonds. The van der Waals surface area contributed by atoms with Gasteiger partial charge in [-0.2, -0.15) is 4.31 Å². The van der Waals surface area contributed by atoms with Crippen molar-refractivity contribution in [3.8, 4) is 0 Å². The molecule has 0 unspecified atom stereocenters. The number of sulfonamides is 1. The highest BCUT2D eigenvalue weighted by Crippen LogP contribution is 2.24. The van der Waals surface area contributed by atoms with Crippen LogP contribution in [-0.2, 0) is 10.0 Å². The minimum atomic E-state index is -3.36. The van der Waals surface area contributed by atoms with Crippen molar-refractivity contribution >= 4 is 33.8 Å². The number of nitrogens with zero attached hydrogens (tertiary/aromatic N) is 2. The predicted molar refractivity (Wildman–Crippen MR) is 70.1 cm³/mol. The predicted octanol–water partition coefficient (Wildman–Crippen LogP) is 0.985. The zero-order valence-electron chi connectivity index (χ0n) is 9.50. The molecule has 1 atom stereocenters. The maximum Gasteiger partial charge on any atom is 0.254 e. The van der Waals surface area contributed by atoms with Crippen LogP contribution in [0, 0.1) is 6.92 Å². The highest BCUT2D eigenvalue weighted by Gasteiger charge is 2.30. The van der Waals surface area contributed by atoms with E-state index in [9.17, 15) is 8.42 Å². The Balaban J connectivity index is 0.00000144. The molecule has 0 saturated carbocycles. The van der Waals surface area contributed by atoms with E-state index in [4.69, 9.17) is 5.73 Å². The number of halogens is 1. The van der Waals surface area contributed by atoms with Crippen LogP contribution in [0.1, 0.15) is 17.8 Å². The fourth-order valence-corrected chi connectivity index (χ4v) is 4.58. The Bertz CT molecular complexity index is 474. The second kappa shape index (κ2) is 5.62. The zero-order valence-corrected chi connectivity index (χ0v) is 11.9. The van der Waals surface area contributed by atoms with Crippen LogP contribution in [0.15, 0.2) is 10.4 Å². The Labute approximate surface area is 111 Å². The maximum absolute atomic E-state index is 12.2. The molecule has 1 aliphatic rings. The SMILES string of the molecule is Cc1ncc(S(=O)(=O)N2CCC[C@@H](N)C2)s1.Cl. The lowest BCUT2D eigenvalue weighted by Gasteiger charge is -2.29. The molecule has 2 heterocycles. The summed E-state index contributed by atoms with van der Waals surface area (Å²) in [4.78, 5) is 3.98. The average Bonchev–Trinajstić information content (AvgIpc) is 2.65. The van der Waals surface area contributed by atoms with Crippen molar-refractivity contribution in [3.63, 3.8) is 0 Å². The van der Waals surface area contributed by atoms with Crippen LogP contribution in [0.2, 0.25) is 0 Å². The monoisotopic (exact) mass is 297 g/mol. The van der Waals surface area contributed by atoms with Gasteiger partial charge < -0.3 is 5.73 Å². The number of rotatable bonds is 2. The highest BCUT2D eigenvalue weighted by atomic mass is 35.5. The van der Waals surface area contributed by atoms with Gasteiger partial charge in [0.15, 0.2) is 4.21 Å². The van der Waals surface area contributed by atoms with Crippen LogP contribution in [-0.4, -0.2) is 36.8 Å². The molecule has 0 aromatic carbocycles. The molecule has 1 saturated heterocycles. The Morgan fingerprint density at radius 2 is 2.29 bits per heavy atom. The van der Waals surface area contributed by atoms with Crippen LogP contribution >= 0.6 is 23.7 Å². The summed E-state index contributed by atoms with van der Waals surface area (Å²) >= 11 is 1.21. The number of hydrogen-bond donors (Lipinski definition) is 1. The van der Waals surface area contributed by atoms with E-state index in [1.807, 2.05) is 0 Å². The van der Waals surface area contributed by atoms with Gasteiger partial charge in [0.1, 0.15) is 0 Å². The molecular weight excluding hydrogens is 282 g/mol. The standard InChI is InChI=1S/C9H15N3O2S2.ClH/c1-7-11-5-9(15-7)16(13,14)12-4-2-3-8(10)6-12;/h5,8H,2-4,6,10H2,1H3;1H/t8-;/m1./s1. The summed E-state index contributed by atoms with van der Waals surface area (Å²) in [6.07, 6.45) is 3.15. The van der Waals surface area contributed by atoms with Gasteiger partial charge in [-0.1, -0.05) is 0 Å². The van der Waals surface area contributed by atoms with Crippen molar-refractivity contribution in [3.05, 3.63) is 11.2 Å². The molecule has 5 nitrogen and oxygen atoms in total. The fourth-order valence-electron chi connectivity index (χ4n) is 1.78. The van der Waals surface area contributed by atoms with Crippen LogP contribution in [0.3, 0.4) is 0 Å². The summed E-state index contributed by atoms with van der Waals surface area (Å²) in [6.45, 7) is 2.78. The van der Waals surface area contributed by atoms with Crippen LogP contribution in [0.25, 0.3) is 0 Å². The van der Waals surface area contributed by atoms with Crippen molar-refractivity contribution < 1.29 is 8.42 Å². The van der Waals surface area contributed by atoms with Crippen molar-refractivity contribution in [2.75, 3.05) is 13.1 Å². The van der Waals surface area contributed by atoms with E-state index >= 15 is 0 Å². The third-order valence-corrected chi connectivity index (χ3v) is 5.83. The van der Waals surface area contributed by atoms with Gasteiger partial charge in [0.25, 0.3) is 10.0 Å². The number of aromatic nitrogens is 1. The molecular formula is C9H16ClN3O2S2. The average molecular weight is 298 g/mol. The molecule has 8 heteroatoms. The third kappa shape index (κ3) is 3.17. The molecule has 1 aromatic rings. The van der Waals surface area contributed by atoms with Gasteiger partial charge in [0, 0.05) is 19.1 Å². The summed E-state index contributed by atoms with van der Waals surface area (Å²) < 4.78 is 26.2. The Morgan fingerprint density at radius 1 is 1.59 bits per heavy atom. The van der Waals surface area contributed by atoms with E-state index in [0.29, 0.717) is 17.3 Å². The second-order valence-electron chi connectivity index (χ2n) is 3.96. The van der Waals surface area contributed by atoms with Crippen LogP contribution < -0.4 is 5.73 Å². The zero-order chi connectivity index (χ0) is 11.8. The summed E-state index contributed by atoms with van der Waals surface area (Å²) in [7, 11) is -3.36. The van der Waals surface area contributed by atoms with Crippen molar-refractivity contribution in [2.45, 2.75) is 30.0 Å². The quantitative estimate of drug-likeness (QED) is 0.883. The minimum Gasteiger partial charge on any atom is -0.327 e. The van der Waals surface area contributed by atoms with E-state index in [1.54, 1.807) is 6.92 Å². The highest BCUT2D eigenvalue weighted by molar-refractivity contribution is 7.91. The molecule has 1 aromatic heterocycles. The second-order valence-corrected chi connectivity index (χ2v) is 7.36. The first kappa shape index (κ1) is 14.8. The first-order valence-electron chi connectivity index (χ1n) is 5.18. The fraction of sp³-hybridized carbons (Fsp3) is 0.667. The Morgan fingerprint density at radius 3 is 2.82 bits per heavy atom. The molecule has 1 aliphatic heterocycles. The number of piperidine rings is 1. The number of thiazole rings is 1. The molecule has 17 heavy (non-hydrogen) atoms. The largest absolute Gasteiger partial charge is 0.327 e. The van der Waals surface area contributed by atoms with E-state index in [1.165, 1.54) is 21.8 Å². The molecule has 98 valence electrons. The van der Waals surface area contributed by atoms with E-state index in [2.05, 4.69) is 4.98 Å². The molecule has 0 aliphatic carbocycles. The summed E-state index contributed by atoms with van der Waals surface area (Å²) in [5.41, 5.74) is 5.79. The van der Waals surface area contributed by atoms with Gasteiger partial charge in [-0.15, -0.1) is 23.7 Å². The number of aryl methyl sites for hydroxylation is 1. The van der Waals surface area contributed by atoms with Gasteiger partial charge in [-0.3, -0.25) is 0 Å². The molecule has 2 N–H and O–H groups in total. The topological polar surface area (TPSA) is 76.3 Å². The smallest absolute Gasteiger partial charge is 0.254 e. The van der Waals surface area contributed by atoms with Gasteiger partial charge >= 0.3 is 0 Å². The summed E-state index contributed by atoms with van der Waals surface area (Å²) in [5, 5.41) is 0.764. The first-order chi connectivity index (χ1) is 7.50. The lowest BCUT2D eigenvalue weighted by atomic mass is 10.1. The van der Waals surface area contributed by atoms with Crippen molar-refractivity contribution in [1.29, 1.82) is 0 Å². The molecule has 0 bridgehead atoms. The lowest BCUT2D eigenvalue weighted by Crippen LogP contribution is -2.45. The third-order valence-electron chi connectivity index (χ3n) is 2.61. The van der Waals surface area contributed by atoms with Crippen LogP contribution in [0.4, 0.5) is 0 Å². The Hall–Kier alpha value is -0.210. The molecule has 0 spiro atoms.